The van der Waals surface area contributed by atoms with Gasteiger partial charge in [0.05, 0.1) is 0 Å². The van der Waals surface area contributed by atoms with E-state index in [0.29, 0.717) is 0 Å². The third-order valence-corrected chi connectivity index (χ3v) is 1.66. The van der Waals surface area contributed by atoms with Crippen LogP contribution < -0.4 is 5.32 Å². The highest BCUT2D eigenvalue weighted by Gasteiger charge is 2.03. The first kappa shape index (κ1) is 13.5. The number of hydrogen-bond acceptors (Lipinski definition) is 1. The Labute approximate surface area is 72.6 Å². The summed E-state index contributed by atoms with van der Waals surface area (Å²) in [5.74, 6) is 0.822. The summed E-state index contributed by atoms with van der Waals surface area (Å²) in [5, 5.41) is 3.28. The highest BCUT2D eigenvalue weighted by molar-refractivity contribution is 4.63. The summed E-state index contributed by atoms with van der Waals surface area (Å²) in [6.45, 7) is 10.8. The molecule has 0 saturated carbocycles. The topological polar surface area (TPSA) is 12.0 Å². The van der Waals surface area contributed by atoms with Crippen molar-refractivity contribution < 1.29 is 0 Å². The van der Waals surface area contributed by atoms with Crippen LogP contribution in [0.25, 0.3) is 0 Å². The summed E-state index contributed by atoms with van der Waals surface area (Å²) in [5.41, 5.74) is 0. The van der Waals surface area contributed by atoms with Gasteiger partial charge in [-0.1, -0.05) is 34.6 Å². The second-order valence-electron chi connectivity index (χ2n) is 3.02. The van der Waals surface area contributed by atoms with E-state index >= 15 is 0 Å². The van der Waals surface area contributed by atoms with Crippen LogP contribution in [0, 0.1) is 5.92 Å². The van der Waals surface area contributed by atoms with Crippen molar-refractivity contribution >= 4 is 0 Å². The monoisotopic (exact) mass is 159 g/mol. The Morgan fingerprint density at radius 3 is 1.73 bits per heavy atom. The lowest BCUT2D eigenvalue weighted by Gasteiger charge is -2.15. The fraction of sp³-hybridized carbons (Fsp3) is 1.00. The fourth-order valence-electron chi connectivity index (χ4n) is 1.06. The summed E-state index contributed by atoms with van der Waals surface area (Å²) in [4.78, 5) is 0. The Kier molecular flexibility index (Phi) is 12.3. The summed E-state index contributed by atoms with van der Waals surface area (Å²) >= 11 is 0. The van der Waals surface area contributed by atoms with E-state index in [1.807, 2.05) is 20.9 Å². The maximum absolute atomic E-state index is 3.28. The number of hydrogen-bond donors (Lipinski definition) is 1. The quantitative estimate of drug-likeness (QED) is 0.665. The molecule has 70 valence electrons. The van der Waals surface area contributed by atoms with E-state index in [4.69, 9.17) is 0 Å². The normalized spacial score (nSPS) is 12.3. The van der Waals surface area contributed by atoms with Gasteiger partial charge in [0.25, 0.3) is 0 Å². The second-order valence-corrected chi connectivity index (χ2v) is 3.02. The Balaban J connectivity index is 0. The Morgan fingerprint density at radius 2 is 1.64 bits per heavy atom. The molecule has 1 heteroatoms. The Morgan fingerprint density at radius 1 is 1.18 bits per heavy atom. The molecule has 0 bridgehead atoms. The van der Waals surface area contributed by atoms with E-state index in [9.17, 15) is 0 Å². The largest absolute Gasteiger partial charge is 0.317 e. The van der Waals surface area contributed by atoms with Crippen molar-refractivity contribution in [3.8, 4) is 0 Å². The average Bonchev–Trinajstić information content (AvgIpc) is 2.03. The smallest absolute Gasteiger partial charge is 0.00638 e. The van der Waals surface area contributed by atoms with Crippen LogP contribution in [0.1, 0.15) is 47.5 Å². The Hall–Kier alpha value is -0.0400. The average molecular weight is 159 g/mol. The highest BCUT2D eigenvalue weighted by Crippen LogP contribution is 2.06. The van der Waals surface area contributed by atoms with Gasteiger partial charge in [-0.15, -0.1) is 0 Å². The third-order valence-electron chi connectivity index (χ3n) is 1.66. The molecule has 0 fully saturated rings. The Bertz CT molecular complexity index is 55.9. The van der Waals surface area contributed by atoms with Crippen molar-refractivity contribution in [2.45, 2.75) is 53.5 Å². The minimum Gasteiger partial charge on any atom is -0.317 e. The first-order valence-electron chi connectivity index (χ1n) is 4.88. The molecule has 0 aliphatic heterocycles. The van der Waals surface area contributed by atoms with Gasteiger partial charge in [-0.05, 0) is 25.8 Å². The zero-order valence-corrected chi connectivity index (χ0v) is 9.07. The molecule has 1 atom stereocenters. The van der Waals surface area contributed by atoms with Crippen LogP contribution in [0.3, 0.4) is 0 Å². The molecule has 0 aromatic rings. The SMILES string of the molecule is CC.CCC(CC(C)C)NC. The highest BCUT2D eigenvalue weighted by atomic mass is 14.9. The molecule has 1 unspecified atom stereocenters. The molecule has 0 radical (unpaired) electrons. The lowest BCUT2D eigenvalue weighted by Crippen LogP contribution is -2.25. The molecular weight excluding hydrogens is 134 g/mol. The third kappa shape index (κ3) is 9.96. The molecule has 0 aliphatic carbocycles. The first-order chi connectivity index (χ1) is 5.20. The maximum Gasteiger partial charge on any atom is 0.00638 e. The summed E-state index contributed by atoms with van der Waals surface area (Å²) in [7, 11) is 2.04. The van der Waals surface area contributed by atoms with Crippen molar-refractivity contribution in [2.75, 3.05) is 7.05 Å². The van der Waals surface area contributed by atoms with Crippen LogP contribution in [0.4, 0.5) is 0 Å². The van der Waals surface area contributed by atoms with E-state index in [2.05, 4.69) is 26.1 Å². The summed E-state index contributed by atoms with van der Waals surface area (Å²) in [6.07, 6.45) is 2.54. The molecular formula is C10H25N. The number of rotatable bonds is 4. The molecule has 0 rings (SSSR count). The van der Waals surface area contributed by atoms with Gasteiger partial charge < -0.3 is 5.32 Å². The predicted molar refractivity (Wildman–Crippen MR) is 53.9 cm³/mol. The van der Waals surface area contributed by atoms with Gasteiger partial charge in [-0.3, -0.25) is 0 Å². The van der Waals surface area contributed by atoms with E-state index in [1.54, 1.807) is 0 Å². The van der Waals surface area contributed by atoms with Crippen molar-refractivity contribution in [1.82, 2.24) is 5.32 Å². The van der Waals surface area contributed by atoms with E-state index < -0.39 is 0 Å². The van der Waals surface area contributed by atoms with Crippen LogP contribution in [0.15, 0.2) is 0 Å². The van der Waals surface area contributed by atoms with Gasteiger partial charge >= 0.3 is 0 Å². The standard InChI is InChI=1S/C8H19N.C2H6/c1-5-8(9-4)6-7(2)3;1-2/h7-9H,5-6H2,1-4H3;1-2H3. The van der Waals surface area contributed by atoms with Gasteiger partial charge in [0.2, 0.25) is 0 Å². The van der Waals surface area contributed by atoms with Gasteiger partial charge in [0.15, 0.2) is 0 Å². The summed E-state index contributed by atoms with van der Waals surface area (Å²) < 4.78 is 0. The number of nitrogens with one attached hydrogen (secondary N) is 1. The van der Waals surface area contributed by atoms with Crippen molar-refractivity contribution in [1.29, 1.82) is 0 Å². The molecule has 0 amide bonds. The molecule has 1 nitrogen and oxygen atoms in total. The van der Waals surface area contributed by atoms with Crippen molar-refractivity contribution in [2.24, 2.45) is 5.92 Å². The first-order valence-corrected chi connectivity index (χ1v) is 4.88. The van der Waals surface area contributed by atoms with Crippen molar-refractivity contribution in [3.63, 3.8) is 0 Å². The van der Waals surface area contributed by atoms with Gasteiger partial charge in [-0.25, -0.2) is 0 Å². The molecule has 0 aromatic heterocycles. The van der Waals surface area contributed by atoms with E-state index in [0.717, 1.165) is 12.0 Å². The zero-order valence-electron chi connectivity index (χ0n) is 9.07. The molecule has 0 aliphatic rings. The van der Waals surface area contributed by atoms with Crippen LogP contribution >= 0.6 is 0 Å². The van der Waals surface area contributed by atoms with Gasteiger partial charge in [-0.2, -0.15) is 0 Å². The van der Waals surface area contributed by atoms with Crippen LogP contribution in [-0.2, 0) is 0 Å². The zero-order chi connectivity index (χ0) is 9.28. The van der Waals surface area contributed by atoms with Gasteiger partial charge in [0.1, 0.15) is 0 Å². The van der Waals surface area contributed by atoms with Crippen LogP contribution in [0.2, 0.25) is 0 Å². The predicted octanol–water partition coefficient (Wildman–Crippen LogP) is 3.06. The van der Waals surface area contributed by atoms with Crippen LogP contribution in [-0.4, -0.2) is 13.1 Å². The maximum atomic E-state index is 3.28. The minimum atomic E-state index is 0.727. The molecule has 0 saturated heterocycles. The second kappa shape index (κ2) is 9.96. The lowest BCUT2D eigenvalue weighted by atomic mass is 10.0. The van der Waals surface area contributed by atoms with Crippen LogP contribution in [0.5, 0.6) is 0 Å². The molecule has 0 aromatic carbocycles. The molecule has 1 N–H and O–H groups in total. The summed E-state index contributed by atoms with van der Waals surface area (Å²) in [6, 6.07) is 0.727. The fourth-order valence-corrected chi connectivity index (χ4v) is 1.06. The van der Waals surface area contributed by atoms with Crippen molar-refractivity contribution in [3.05, 3.63) is 0 Å². The minimum absolute atomic E-state index is 0.727. The van der Waals surface area contributed by atoms with E-state index in [-0.39, 0.29) is 0 Å². The molecule has 0 spiro atoms. The molecule has 11 heavy (non-hydrogen) atoms. The lowest BCUT2D eigenvalue weighted by molar-refractivity contribution is 0.433. The van der Waals surface area contributed by atoms with Gasteiger partial charge in [0, 0.05) is 6.04 Å². The van der Waals surface area contributed by atoms with E-state index in [1.165, 1.54) is 12.8 Å². The molecule has 0 heterocycles.